The summed E-state index contributed by atoms with van der Waals surface area (Å²) in [7, 11) is -3.51. The topological polar surface area (TPSA) is 66.4 Å². The third-order valence-electron chi connectivity index (χ3n) is 6.02. The maximum Gasteiger partial charge on any atom is 0.243 e. The summed E-state index contributed by atoms with van der Waals surface area (Å²) in [6.07, 6.45) is 1.60. The smallest absolute Gasteiger partial charge is 0.243 e. The third kappa shape index (κ3) is 3.79. The van der Waals surface area contributed by atoms with Crippen LogP contribution in [0.4, 0.5) is 5.82 Å². The van der Waals surface area contributed by atoms with E-state index in [0.29, 0.717) is 31.1 Å². The van der Waals surface area contributed by atoms with Crippen LogP contribution >= 0.6 is 11.3 Å². The van der Waals surface area contributed by atoms with Crippen molar-refractivity contribution >= 4 is 37.4 Å². The quantitative estimate of drug-likeness (QED) is 0.445. The number of anilines is 1. The molecule has 0 saturated carbocycles. The molecule has 0 radical (unpaired) electrons. The Morgan fingerprint density at radius 3 is 2.34 bits per heavy atom. The molecule has 32 heavy (non-hydrogen) atoms. The van der Waals surface area contributed by atoms with Gasteiger partial charge in [0.1, 0.15) is 17.0 Å². The first-order chi connectivity index (χ1) is 15.4. The fraction of sp³-hybridized carbons (Fsp3) is 0.250. The Morgan fingerprint density at radius 1 is 0.875 bits per heavy atom. The Labute approximate surface area is 192 Å². The van der Waals surface area contributed by atoms with Crippen molar-refractivity contribution in [2.45, 2.75) is 18.7 Å². The Balaban J connectivity index is 1.38. The van der Waals surface area contributed by atoms with Crippen LogP contribution in [0, 0.1) is 13.8 Å². The molecule has 0 bridgehead atoms. The monoisotopic (exact) mass is 464 g/mol. The molecule has 3 heterocycles. The van der Waals surface area contributed by atoms with E-state index in [1.165, 1.54) is 0 Å². The van der Waals surface area contributed by atoms with Crippen molar-refractivity contribution in [1.82, 2.24) is 14.3 Å². The molecule has 8 heteroatoms. The first-order valence-corrected chi connectivity index (χ1v) is 12.8. The van der Waals surface area contributed by atoms with E-state index in [9.17, 15) is 8.42 Å². The average molecular weight is 465 g/mol. The van der Waals surface area contributed by atoms with Crippen LogP contribution in [0.2, 0.25) is 0 Å². The lowest BCUT2D eigenvalue weighted by Gasteiger charge is -2.34. The van der Waals surface area contributed by atoms with Crippen molar-refractivity contribution < 1.29 is 8.42 Å². The Morgan fingerprint density at radius 2 is 1.62 bits per heavy atom. The molecule has 0 spiro atoms. The highest BCUT2D eigenvalue weighted by Gasteiger charge is 2.30. The van der Waals surface area contributed by atoms with Crippen LogP contribution in [-0.4, -0.2) is 48.9 Å². The van der Waals surface area contributed by atoms with Crippen molar-refractivity contribution in [2.24, 2.45) is 0 Å². The van der Waals surface area contributed by atoms with E-state index in [1.54, 1.807) is 34.1 Å². The summed E-state index contributed by atoms with van der Waals surface area (Å²) in [6.45, 7) is 5.96. The van der Waals surface area contributed by atoms with Gasteiger partial charge in [-0.1, -0.05) is 36.4 Å². The van der Waals surface area contributed by atoms with E-state index in [4.69, 9.17) is 0 Å². The molecule has 1 aliphatic heterocycles. The summed E-state index contributed by atoms with van der Waals surface area (Å²) in [5.74, 6) is 0.872. The molecule has 0 aliphatic carbocycles. The Kier molecular flexibility index (Phi) is 5.44. The SMILES string of the molecule is Cc1ccc(S(=O)(=O)N2CCN(c3ncnc4sc(-c5ccccc5)cc34)CC2)cc1C. The van der Waals surface area contributed by atoms with Crippen LogP contribution in [0.15, 0.2) is 65.8 Å². The molecule has 2 aromatic heterocycles. The lowest BCUT2D eigenvalue weighted by atomic mass is 10.1. The van der Waals surface area contributed by atoms with Crippen molar-refractivity contribution in [3.8, 4) is 10.4 Å². The first kappa shape index (κ1) is 21.1. The van der Waals surface area contributed by atoms with Gasteiger partial charge in [-0.15, -0.1) is 11.3 Å². The van der Waals surface area contributed by atoms with Crippen LogP contribution in [0.5, 0.6) is 0 Å². The summed E-state index contributed by atoms with van der Waals surface area (Å²) < 4.78 is 27.9. The predicted octanol–water partition coefficient (Wildman–Crippen LogP) is 4.49. The molecule has 0 atom stereocenters. The van der Waals surface area contributed by atoms with E-state index in [2.05, 4.69) is 33.1 Å². The standard InChI is InChI=1S/C24H24N4O2S2/c1-17-8-9-20(14-18(17)2)32(29,30)28-12-10-27(11-13-28)23-21-15-22(19-6-4-3-5-7-19)31-24(21)26-16-25-23/h3-9,14-16H,10-13H2,1-2H3. The van der Waals surface area contributed by atoms with Crippen LogP contribution < -0.4 is 4.90 Å². The third-order valence-corrected chi connectivity index (χ3v) is 9.01. The van der Waals surface area contributed by atoms with E-state index < -0.39 is 10.0 Å². The fourth-order valence-electron chi connectivity index (χ4n) is 4.00. The molecule has 1 aliphatic rings. The van der Waals surface area contributed by atoms with Crippen LogP contribution in [0.25, 0.3) is 20.7 Å². The number of rotatable bonds is 4. The number of hydrogen-bond acceptors (Lipinski definition) is 6. The lowest BCUT2D eigenvalue weighted by Crippen LogP contribution is -2.49. The van der Waals surface area contributed by atoms with Gasteiger partial charge in [0.05, 0.1) is 10.3 Å². The molecular weight excluding hydrogens is 440 g/mol. The number of sulfonamides is 1. The molecule has 0 unspecified atom stereocenters. The molecule has 4 aromatic rings. The number of aromatic nitrogens is 2. The summed E-state index contributed by atoms with van der Waals surface area (Å²) in [4.78, 5) is 13.6. The second-order valence-electron chi connectivity index (χ2n) is 8.03. The summed E-state index contributed by atoms with van der Waals surface area (Å²) in [6, 6.07) is 17.7. The van der Waals surface area contributed by atoms with Gasteiger partial charge in [-0.05, 0) is 48.7 Å². The Bertz CT molecular complexity index is 1380. The number of benzene rings is 2. The molecule has 1 fully saturated rings. The predicted molar refractivity (Wildman–Crippen MR) is 130 cm³/mol. The van der Waals surface area contributed by atoms with Crippen molar-refractivity contribution in [1.29, 1.82) is 0 Å². The van der Waals surface area contributed by atoms with E-state index >= 15 is 0 Å². The highest BCUT2D eigenvalue weighted by Crippen LogP contribution is 2.36. The number of nitrogens with zero attached hydrogens (tertiary/aromatic N) is 4. The molecular formula is C24H24N4O2S2. The second-order valence-corrected chi connectivity index (χ2v) is 11.0. The van der Waals surface area contributed by atoms with E-state index in [1.807, 2.05) is 38.1 Å². The molecule has 164 valence electrons. The zero-order valence-corrected chi connectivity index (χ0v) is 19.7. The van der Waals surface area contributed by atoms with Crippen molar-refractivity contribution in [3.05, 3.63) is 72.1 Å². The second kappa shape index (κ2) is 8.27. The van der Waals surface area contributed by atoms with Crippen LogP contribution in [0.3, 0.4) is 0 Å². The van der Waals surface area contributed by atoms with Crippen molar-refractivity contribution in [2.75, 3.05) is 31.1 Å². The molecule has 6 nitrogen and oxygen atoms in total. The molecule has 0 N–H and O–H groups in total. The molecule has 0 amide bonds. The van der Waals surface area contributed by atoms with Crippen LogP contribution in [0.1, 0.15) is 11.1 Å². The first-order valence-electron chi connectivity index (χ1n) is 10.6. The van der Waals surface area contributed by atoms with Gasteiger partial charge in [0, 0.05) is 31.1 Å². The number of aryl methyl sites for hydroxylation is 2. The molecule has 5 rings (SSSR count). The van der Waals surface area contributed by atoms with Gasteiger partial charge in [0.15, 0.2) is 0 Å². The van der Waals surface area contributed by atoms with E-state index in [-0.39, 0.29) is 0 Å². The number of thiophene rings is 1. The average Bonchev–Trinajstić information content (AvgIpc) is 3.26. The normalized spacial score (nSPS) is 15.4. The Hall–Kier alpha value is -2.81. The van der Waals surface area contributed by atoms with Crippen LogP contribution in [-0.2, 0) is 10.0 Å². The van der Waals surface area contributed by atoms with Gasteiger partial charge < -0.3 is 4.90 Å². The maximum atomic E-state index is 13.1. The minimum atomic E-state index is -3.51. The van der Waals surface area contributed by atoms with Gasteiger partial charge in [-0.25, -0.2) is 18.4 Å². The van der Waals surface area contributed by atoms with Gasteiger partial charge in [-0.3, -0.25) is 0 Å². The molecule has 1 saturated heterocycles. The van der Waals surface area contributed by atoms with Crippen molar-refractivity contribution in [3.63, 3.8) is 0 Å². The largest absolute Gasteiger partial charge is 0.353 e. The van der Waals surface area contributed by atoms with Gasteiger partial charge >= 0.3 is 0 Å². The minimum absolute atomic E-state index is 0.365. The fourth-order valence-corrected chi connectivity index (χ4v) is 6.51. The zero-order chi connectivity index (χ0) is 22.3. The highest BCUT2D eigenvalue weighted by molar-refractivity contribution is 7.89. The van der Waals surface area contributed by atoms with Gasteiger partial charge in [0.2, 0.25) is 10.0 Å². The minimum Gasteiger partial charge on any atom is -0.353 e. The van der Waals surface area contributed by atoms with Gasteiger partial charge in [0.25, 0.3) is 0 Å². The number of piperazine rings is 1. The molecule has 2 aromatic carbocycles. The summed E-state index contributed by atoms with van der Waals surface area (Å²) in [5, 5.41) is 1.02. The zero-order valence-electron chi connectivity index (χ0n) is 18.0. The van der Waals surface area contributed by atoms with E-state index in [0.717, 1.165) is 37.6 Å². The number of hydrogen-bond donors (Lipinski definition) is 0. The maximum absolute atomic E-state index is 13.1. The number of fused-ring (bicyclic) bond motifs is 1. The lowest BCUT2D eigenvalue weighted by molar-refractivity contribution is 0.384. The van der Waals surface area contributed by atoms with Gasteiger partial charge in [-0.2, -0.15) is 4.31 Å². The highest BCUT2D eigenvalue weighted by atomic mass is 32.2. The summed E-state index contributed by atoms with van der Waals surface area (Å²) in [5.41, 5.74) is 3.23. The summed E-state index contributed by atoms with van der Waals surface area (Å²) >= 11 is 1.65.